The number of ether oxygens (including phenoxy) is 1. The minimum absolute atomic E-state index is 0.0503. The maximum atomic E-state index is 10.7. The van der Waals surface area contributed by atoms with Gasteiger partial charge in [-0.15, -0.1) is 10.2 Å². The van der Waals surface area contributed by atoms with Gasteiger partial charge in [-0.1, -0.05) is 42.1 Å². The largest absolute Gasteiger partial charge is 0.494 e. The van der Waals surface area contributed by atoms with Crippen LogP contribution in [0.2, 0.25) is 0 Å². The second-order valence-electron chi connectivity index (χ2n) is 7.07. The van der Waals surface area contributed by atoms with Crippen molar-refractivity contribution in [2.45, 2.75) is 25.0 Å². The van der Waals surface area contributed by atoms with Gasteiger partial charge in [-0.05, 0) is 37.1 Å². The van der Waals surface area contributed by atoms with Crippen molar-refractivity contribution >= 4 is 17.4 Å². The van der Waals surface area contributed by atoms with E-state index in [1.807, 2.05) is 31.2 Å². The van der Waals surface area contributed by atoms with Gasteiger partial charge >= 0.3 is 0 Å². The molecule has 0 atom stereocenters. The van der Waals surface area contributed by atoms with Crippen molar-refractivity contribution in [1.29, 1.82) is 0 Å². The Kier molecular flexibility index (Phi) is 6.86. The number of thioether (sulfide) groups is 1. The van der Waals surface area contributed by atoms with E-state index in [4.69, 9.17) is 9.15 Å². The summed E-state index contributed by atoms with van der Waals surface area (Å²) in [6.07, 6.45) is 2.45. The molecule has 0 N–H and O–H groups in total. The number of aryl methyl sites for hydroxylation is 1. The van der Waals surface area contributed by atoms with Crippen LogP contribution in [0.15, 0.2) is 76.5 Å². The molecular formula is C23H22N4O4S. The number of nitro groups is 1. The zero-order valence-electron chi connectivity index (χ0n) is 17.5. The number of nitro benzene ring substituents is 1. The maximum absolute atomic E-state index is 10.7. The van der Waals surface area contributed by atoms with E-state index in [1.165, 1.54) is 12.1 Å². The monoisotopic (exact) mass is 450 g/mol. The Morgan fingerprint density at radius 2 is 1.88 bits per heavy atom. The van der Waals surface area contributed by atoms with Gasteiger partial charge in [-0.2, -0.15) is 0 Å². The quantitative estimate of drug-likeness (QED) is 0.139. The number of aromatic nitrogens is 3. The number of hydrogen-bond acceptors (Lipinski definition) is 7. The van der Waals surface area contributed by atoms with Crippen molar-refractivity contribution < 1.29 is 14.1 Å². The smallest absolute Gasteiger partial charge is 0.269 e. The molecule has 2 aromatic heterocycles. The first-order valence-corrected chi connectivity index (χ1v) is 11.1. The van der Waals surface area contributed by atoms with E-state index in [0.29, 0.717) is 18.9 Å². The molecule has 164 valence electrons. The Labute approximate surface area is 189 Å². The minimum Gasteiger partial charge on any atom is -0.494 e. The van der Waals surface area contributed by atoms with Gasteiger partial charge in [0.25, 0.3) is 5.69 Å². The van der Waals surface area contributed by atoms with E-state index < -0.39 is 4.92 Å². The van der Waals surface area contributed by atoms with E-state index in [-0.39, 0.29) is 5.69 Å². The van der Waals surface area contributed by atoms with E-state index in [2.05, 4.69) is 26.9 Å². The van der Waals surface area contributed by atoms with Gasteiger partial charge in [0.2, 0.25) is 0 Å². The lowest BCUT2D eigenvalue weighted by molar-refractivity contribution is -0.384. The number of rotatable bonds is 10. The molecule has 0 aliphatic heterocycles. The molecule has 0 unspecified atom stereocenters. The summed E-state index contributed by atoms with van der Waals surface area (Å²) >= 11 is 1.62. The van der Waals surface area contributed by atoms with Gasteiger partial charge in [-0.25, -0.2) is 0 Å². The first kappa shape index (κ1) is 21.6. The summed E-state index contributed by atoms with van der Waals surface area (Å²) in [6.45, 7) is 3.08. The molecule has 0 saturated carbocycles. The Hall–Kier alpha value is -3.59. The van der Waals surface area contributed by atoms with Crippen molar-refractivity contribution in [3.05, 3.63) is 88.4 Å². The van der Waals surface area contributed by atoms with Crippen LogP contribution in [0.5, 0.6) is 5.75 Å². The van der Waals surface area contributed by atoms with Crippen LogP contribution >= 0.6 is 11.8 Å². The Morgan fingerprint density at radius 3 is 2.56 bits per heavy atom. The van der Waals surface area contributed by atoms with Crippen LogP contribution in [0.3, 0.4) is 0 Å². The van der Waals surface area contributed by atoms with Crippen LogP contribution in [-0.2, 0) is 6.54 Å². The molecule has 0 saturated heterocycles. The standard InChI is InChI=1S/C23H22N4O4S/c1-17-21(12-14-30-17)22-24-25-23(26(22)16-18-6-3-2-4-7-18)32-15-5-13-31-20-10-8-19(9-11-20)27(28)29/h2-4,6-12,14H,5,13,15-16H2,1H3. The molecule has 0 aliphatic rings. The topological polar surface area (TPSA) is 96.2 Å². The highest BCUT2D eigenvalue weighted by Gasteiger charge is 2.17. The summed E-state index contributed by atoms with van der Waals surface area (Å²) in [4.78, 5) is 10.3. The Bertz CT molecular complexity index is 1170. The zero-order chi connectivity index (χ0) is 22.3. The van der Waals surface area contributed by atoms with Gasteiger partial charge in [0.05, 0.1) is 29.9 Å². The molecule has 8 nitrogen and oxygen atoms in total. The van der Waals surface area contributed by atoms with Crippen LogP contribution in [0, 0.1) is 17.0 Å². The molecule has 0 bridgehead atoms. The number of benzene rings is 2. The van der Waals surface area contributed by atoms with Gasteiger partial charge < -0.3 is 9.15 Å². The molecule has 4 aromatic rings. The van der Waals surface area contributed by atoms with E-state index in [1.54, 1.807) is 30.2 Å². The van der Waals surface area contributed by atoms with E-state index >= 15 is 0 Å². The zero-order valence-corrected chi connectivity index (χ0v) is 18.3. The predicted octanol–water partition coefficient (Wildman–Crippen LogP) is 5.36. The molecule has 0 aliphatic carbocycles. The summed E-state index contributed by atoms with van der Waals surface area (Å²) in [6, 6.07) is 18.2. The molecule has 0 spiro atoms. The summed E-state index contributed by atoms with van der Waals surface area (Å²) in [5, 5.41) is 20.4. The van der Waals surface area contributed by atoms with Gasteiger partial charge in [0.1, 0.15) is 11.5 Å². The second kappa shape index (κ2) is 10.1. The predicted molar refractivity (Wildman–Crippen MR) is 122 cm³/mol. The van der Waals surface area contributed by atoms with Gasteiger partial charge in [-0.3, -0.25) is 14.7 Å². The van der Waals surface area contributed by atoms with Crippen LogP contribution in [-0.4, -0.2) is 32.0 Å². The lowest BCUT2D eigenvalue weighted by atomic mass is 10.2. The molecule has 2 heterocycles. The van der Waals surface area contributed by atoms with Crippen LogP contribution in [0.4, 0.5) is 5.69 Å². The summed E-state index contributed by atoms with van der Waals surface area (Å²) in [5.41, 5.74) is 2.15. The fraction of sp³-hybridized carbons (Fsp3) is 0.217. The number of non-ortho nitro benzene ring substituents is 1. The average Bonchev–Trinajstić information content (AvgIpc) is 3.40. The highest BCUT2D eigenvalue weighted by atomic mass is 32.2. The highest BCUT2D eigenvalue weighted by molar-refractivity contribution is 7.99. The minimum atomic E-state index is -0.425. The average molecular weight is 451 g/mol. The van der Waals surface area contributed by atoms with Crippen LogP contribution in [0.1, 0.15) is 17.7 Å². The number of nitrogens with zero attached hydrogens (tertiary/aromatic N) is 4. The molecule has 9 heteroatoms. The fourth-order valence-electron chi connectivity index (χ4n) is 3.20. The molecule has 2 aromatic carbocycles. The lowest BCUT2D eigenvalue weighted by Crippen LogP contribution is -2.05. The molecular weight excluding hydrogens is 428 g/mol. The number of hydrogen-bond donors (Lipinski definition) is 0. The van der Waals surface area contributed by atoms with E-state index in [0.717, 1.165) is 40.0 Å². The third kappa shape index (κ3) is 5.17. The van der Waals surface area contributed by atoms with Crippen molar-refractivity contribution in [1.82, 2.24) is 14.8 Å². The summed E-state index contributed by atoms with van der Waals surface area (Å²) in [5.74, 6) is 3.00. The van der Waals surface area contributed by atoms with Crippen LogP contribution in [0.25, 0.3) is 11.4 Å². The van der Waals surface area contributed by atoms with Crippen molar-refractivity contribution in [3.63, 3.8) is 0 Å². The van der Waals surface area contributed by atoms with E-state index in [9.17, 15) is 10.1 Å². The first-order valence-electron chi connectivity index (χ1n) is 10.1. The normalized spacial score (nSPS) is 10.9. The Balaban J connectivity index is 1.39. The molecule has 0 fully saturated rings. The third-order valence-corrected chi connectivity index (χ3v) is 5.89. The first-order chi connectivity index (χ1) is 15.6. The van der Waals surface area contributed by atoms with Crippen molar-refractivity contribution in [2.24, 2.45) is 0 Å². The Morgan fingerprint density at radius 1 is 1.09 bits per heavy atom. The van der Waals surface area contributed by atoms with Crippen molar-refractivity contribution in [2.75, 3.05) is 12.4 Å². The molecule has 0 amide bonds. The fourth-order valence-corrected chi connectivity index (χ4v) is 4.05. The van der Waals surface area contributed by atoms with Crippen molar-refractivity contribution in [3.8, 4) is 17.1 Å². The molecule has 0 radical (unpaired) electrons. The third-order valence-electron chi connectivity index (χ3n) is 4.84. The van der Waals surface area contributed by atoms with Gasteiger partial charge in [0, 0.05) is 17.9 Å². The SMILES string of the molecule is Cc1occc1-c1nnc(SCCCOc2ccc([N+](=O)[O-])cc2)n1Cc1ccccc1. The molecule has 4 rings (SSSR count). The van der Waals surface area contributed by atoms with Gasteiger partial charge in [0.15, 0.2) is 11.0 Å². The molecule has 32 heavy (non-hydrogen) atoms. The lowest BCUT2D eigenvalue weighted by Gasteiger charge is -2.10. The maximum Gasteiger partial charge on any atom is 0.269 e. The van der Waals surface area contributed by atoms with Crippen LogP contribution < -0.4 is 4.74 Å². The second-order valence-corrected chi connectivity index (χ2v) is 8.13. The highest BCUT2D eigenvalue weighted by Crippen LogP contribution is 2.28. The summed E-state index contributed by atoms with van der Waals surface area (Å²) < 4.78 is 13.3. The summed E-state index contributed by atoms with van der Waals surface area (Å²) in [7, 11) is 0. The number of furan rings is 1.